The van der Waals surface area contributed by atoms with E-state index in [1.54, 1.807) is 13.0 Å². The summed E-state index contributed by atoms with van der Waals surface area (Å²) in [5, 5.41) is 9.42. The summed E-state index contributed by atoms with van der Waals surface area (Å²) in [4.78, 5) is 8.61. The first-order valence-corrected chi connectivity index (χ1v) is 11.8. The third-order valence-electron chi connectivity index (χ3n) is 4.87. The van der Waals surface area contributed by atoms with Gasteiger partial charge in [-0.05, 0) is 35.0 Å². The molecule has 0 unspecified atom stereocenters. The highest BCUT2D eigenvalue weighted by molar-refractivity contribution is 9.11. The summed E-state index contributed by atoms with van der Waals surface area (Å²) >= 11 is 4.23. The lowest BCUT2D eigenvalue weighted by Crippen LogP contribution is -2.55. The van der Waals surface area contributed by atoms with Crippen LogP contribution in [0.4, 0.5) is 32.3 Å². The molecule has 1 N–H and O–H groups in total. The summed E-state index contributed by atoms with van der Waals surface area (Å²) in [5.74, 6) is -0.191. The minimum Gasteiger partial charge on any atom is -0.369 e. The quantitative estimate of drug-likeness (QED) is 0.568. The second-order valence-electron chi connectivity index (χ2n) is 6.94. The number of aliphatic hydroxyl groups is 1. The molecular weight excluding hydrogens is 554 g/mol. The van der Waals surface area contributed by atoms with Gasteiger partial charge in [-0.15, -0.1) is 11.3 Å². The van der Waals surface area contributed by atoms with Crippen LogP contribution in [0, 0.1) is 0 Å². The Kier molecular flexibility index (Phi) is 6.58. The van der Waals surface area contributed by atoms with Gasteiger partial charge in [-0.2, -0.15) is 30.6 Å². The highest BCUT2D eigenvalue weighted by atomic mass is 79.9. The van der Waals surface area contributed by atoms with Crippen LogP contribution in [-0.2, 0) is 15.6 Å². The topological polar surface area (TPSA) is 86.6 Å². The first-order chi connectivity index (χ1) is 14.6. The number of sulfonamides is 1. The average Bonchev–Trinajstić information content (AvgIpc) is 3.13. The van der Waals surface area contributed by atoms with Gasteiger partial charge in [-0.3, -0.25) is 0 Å². The molecule has 7 nitrogen and oxygen atoms in total. The van der Waals surface area contributed by atoms with Gasteiger partial charge in [0.25, 0.3) is 15.6 Å². The molecular formula is C16H15BrF6N4O3S2. The lowest BCUT2D eigenvalue weighted by atomic mass is 9.95. The minimum absolute atomic E-state index is 0.00198. The molecule has 0 bridgehead atoms. The molecule has 2 aromatic heterocycles. The van der Waals surface area contributed by atoms with Gasteiger partial charge in [-0.1, -0.05) is 0 Å². The van der Waals surface area contributed by atoms with Crippen molar-refractivity contribution in [2.75, 3.05) is 24.5 Å². The van der Waals surface area contributed by atoms with Crippen molar-refractivity contribution >= 4 is 43.2 Å². The molecule has 0 aromatic carbocycles. The van der Waals surface area contributed by atoms with E-state index in [1.807, 2.05) is 0 Å². The van der Waals surface area contributed by atoms with Gasteiger partial charge >= 0.3 is 12.4 Å². The van der Waals surface area contributed by atoms with Crippen molar-refractivity contribution in [2.24, 2.45) is 0 Å². The summed E-state index contributed by atoms with van der Waals surface area (Å²) in [6.45, 7) is 1.67. The predicted octanol–water partition coefficient (Wildman–Crippen LogP) is 3.51. The van der Waals surface area contributed by atoms with Crippen molar-refractivity contribution in [1.82, 2.24) is 14.3 Å². The zero-order valence-corrected chi connectivity index (χ0v) is 19.2. The molecule has 0 spiro atoms. The van der Waals surface area contributed by atoms with E-state index in [0.29, 0.717) is 3.79 Å². The number of anilines is 1. The Hall–Kier alpha value is -1.49. The standard InChI is InChI=1S/C16H15BrF6N4O3S2/c1-9-8-26(32(29,30)12-3-2-11(17)31-12)4-5-27(9)13-24-6-10(7-25-13)14(28,15(18,19)20)16(21,22)23/h2-3,6-7,9,28H,4-5,8H2,1H3/t9-/m0/s1. The normalized spacial score (nSPS) is 19.4. The Morgan fingerprint density at radius 3 is 2.09 bits per heavy atom. The number of nitrogens with zero attached hydrogens (tertiary/aromatic N) is 4. The molecule has 3 heterocycles. The van der Waals surface area contributed by atoms with Gasteiger partial charge in [0.2, 0.25) is 5.95 Å². The second kappa shape index (κ2) is 8.38. The summed E-state index contributed by atoms with van der Waals surface area (Å²) < 4.78 is 105. The maximum atomic E-state index is 13.0. The molecule has 1 aliphatic heterocycles. The predicted molar refractivity (Wildman–Crippen MR) is 106 cm³/mol. The fourth-order valence-corrected chi connectivity index (χ4v) is 6.82. The molecule has 32 heavy (non-hydrogen) atoms. The van der Waals surface area contributed by atoms with Crippen molar-refractivity contribution in [3.8, 4) is 0 Å². The summed E-state index contributed by atoms with van der Waals surface area (Å²) in [7, 11) is -3.77. The maximum Gasteiger partial charge on any atom is 0.430 e. The van der Waals surface area contributed by atoms with E-state index in [2.05, 4.69) is 25.9 Å². The van der Waals surface area contributed by atoms with Crippen molar-refractivity contribution < 1.29 is 39.9 Å². The van der Waals surface area contributed by atoms with Gasteiger partial charge in [0.05, 0.1) is 3.79 Å². The van der Waals surface area contributed by atoms with E-state index >= 15 is 0 Å². The van der Waals surface area contributed by atoms with Crippen LogP contribution < -0.4 is 4.90 Å². The number of rotatable bonds is 4. The molecule has 1 fully saturated rings. The van der Waals surface area contributed by atoms with Gasteiger partial charge in [0, 0.05) is 43.6 Å². The van der Waals surface area contributed by atoms with Crippen molar-refractivity contribution in [3.05, 3.63) is 33.9 Å². The van der Waals surface area contributed by atoms with Crippen LogP contribution in [0.1, 0.15) is 12.5 Å². The zero-order valence-electron chi connectivity index (χ0n) is 16.0. The van der Waals surface area contributed by atoms with E-state index in [-0.39, 0.29) is 42.2 Å². The molecule has 0 radical (unpaired) electrons. The third-order valence-corrected chi connectivity index (χ3v) is 8.82. The molecule has 1 aliphatic rings. The third kappa shape index (κ3) is 4.34. The molecule has 16 heteroatoms. The number of aromatic nitrogens is 2. The lowest BCUT2D eigenvalue weighted by Gasteiger charge is -2.39. The Bertz CT molecular complexity index is 1060. The summed E-state index contributed by atoms with van der Waals surface area (Å²) in [5.41, 5.74) is -6.69. The van der Waals surface area contributed by atoms with E-state index in [0.717, 1.165) is 11.3 Å². The molecule has 1 atom stereocenters. The van der Waals surface area contributed by atoms with Crippen LogP contribution in [0.3, 0.4) is 0 Å². The van der Waals surface area contributed by atoms with Gasteiger partial charge in [-0.25, -0.2) is 18.4 Å². The Labute approximate surface area is 190 Å². The number of alkyl halides is 6. The largest absolute Gasteiger partial charge is 0.430 e. The van der Waals surface area contributed by atoms with Crippen LogP contribution in [0.5, 0.6) is 0 Å². The molecule has 2 aromatic rings. The smallest absolute Gasteiger partial charge is 0.369 e. The molecule has 178 valence electrons. The van der Waals surface area contributed by atoms with Crippen LogP contribution in [0.15, 0.2) is 32.5 Å². The minimum atomic E-state index is -6.04. The fourth-order valence-electron chi connectivity index (χ4n) is 3.15. The van der Waals surface area contributed by atoms with E-state index < -0.39 is 39.6 Å². The second-order valence-corrected chi connectivity index (χ2v) is 11.6. The Morgan fingerprint density at radius 1 is 1.09 bits per heavy atom. The number of thiophene rings is 1. The van der Waals surface area contributed by atoms with E-state index in [9.17, 15) is 39.9 Å². The van der Waals surface area contributed by atoms with Crippen LogP contribution in [-0.4, -0.2) is 65.8 Å². The van der Waals surface area contributed by atoms with E-state index in [1.165, 1.54) is 15.3 Å². The SMILES string of the molecule is C[C@H]1CN(S(=O)(=O)c2ccc(Br)s2)CCN1c1ncc(C(O)(C(F)(F)F)C(F)(F)F)cn1. The van der Waals surface area contributed by atoms with Crippen LogP contribution >= 0.6 is 27.3 Å². The van der Waals surface area contributed by atoms with Gasteiger partial charge < -0.3 is 10.0 Å². The fraction of sp³-hybridized carbons (Fsp3) is 0.500. The van der Waals surface area contributed by atoms with Crippen molar-refractivity contribution in [2.45, 2.75) is 35.1 Å². The van der Waals surface area contributed by atoms with Crippen LogP contribution in [0.25, 0.3) is 0 Å². The van der Waals surface area contributed by atoms with Crippen molar-refractivity contribution in [1.29, 1.82) is 0 Å². The summed E-state index contributed by atoms with van der Waals surface area (Å²) in [6, 6.07) is 2.51. The number of halogens is 7. The summed E-state index contributed by atoms with van der Waals surface area (Å²) in [6.07, 6.45) is -11.6. The molecule has 0 amide bonds. The van der Waals surface area contributed by atoms with E-state index in [4.69, 9.17) is 0 Å². The number of hydrogen-bond donors (Lipinski definition) is 1. The molecule has 0 aliphatic carbocycles. The monoisotopic (exact) mass is 568 g/mol. The zero-order chi connectivity index (χ0) is 24.1. The first-order valence-electron chi connectivity index (χ1n) is 8.79. The van der Waals surface area contributed by atoms with Gasteiger partial charge in [0.15, 0.2) is 0 Å². The molecule has 1 saturated heterocycles. The van der Waals surface area contributed by atoms with Gasteiger partial charge in [0.1, 0.15) is 4.21 Å². The molecule has 0 saturated carbocycles. The highest BCUT2D eigenvalue weighted by Gasteiger charge is 2.71. The highest BCUT2D eigenvalue weighted by Crippen LogP contribution is 2.49. The number of hydrogen-bond acceptors (Lipinski definition) is 7. The Balaban J connectivity index is 1.81. The molecule has 3 rings (SSSR count). The average molecular weight is 569 g/mol. The van der Waals surface area contributed by atoms with Crippen LogP contribution in [0.2, 0.25) is 0 Å². The first kappa shape index (κ1) is 25.1. The Morgan fingerprint density at radius 2 is 1.66 bits per heavy atom. The lowest BCUT2D eigenvalue weighted by molar-refractivity contribution is -0.376. The maximum absolute atomic E-state index is 13.0. The number of piperazine rings is 1. The van der Waals surface area contributed by atoms with Crippen molar-refractivity contribution in [3.63, 3.8) is 0 Å².